The Kier molecular flexibility index (Phi) is 6.37. The van der Waals surface area contributed by atoms with Gasteiger partial charge in [-0.05, 0) is 23.5 Å². The number of nitrogens with zero attached hydrogens (tertiary/aromatic N) is 2. The van der Waals surface area contributed by atoms with E-state index in [4.69, 9.17) is 9.53 Å². The van der Waals surface area contributed by atoms with Gasteiger partial charge in [0.1, 0.15) is 0 Å². The highest BCUT2D eigenvalue weighted by Gasteiger charge is 2.45. The number of aromatic carboxylic acids is 1. The molecule has 126 valence electrons. The minimum atomic E-state index is -1.89. The lowest BCUT2D eigenvalue weighted by Gasteiger charge is -2.42. The number of aromatic nitrogens is 2. The molecule has 0 unspecified atom stereocenters. The van der Waals surface area contributed by atoms with Gasteiger partial charge < -0.3 is 14.1 Å². The Labute approximate surface area is 134 Å². The summed E-state index contributed by atoms with van der Waals surface area (Å²) in [5.74, 6) is -0.998. The molecule has 0 saturated carbocycles. The van der Waals surface area contributed by atoms with E-state index in [0.717, 1.165) is 0 Å². The first-order chi connectivity index (χ1) is 10.1. The van der Waals surface area contributed by atoms with E-state index in [2.05, 4.69) is 46.5 Å². The molecule has 0 saturated heterocycles. The molecule has 0 amide bonds. The highest BCUT2D eigenvalue weighted by molar-refractivity contribution is 6.77. The van der Waals surface area contributed by atoms with E-state index < -0.39 is 14.3 Å². The second-order valence-electron chi connectivity index (χ2n) is 6.99. The quantitative estimate of drug-likeness (QED) is 0.722. The van der Waals surface area contributed by atoms with Crippen LogP contribution in [-0.4, -0.2) is 35.6 Å². The molecule has 0 aliphatic heterocycles. The number of hydrogen-bond donors (Lipinski definition) is 1. The zero-order valence-corrected chi connectivity index (χ0v) is 15.8. The van der Waals surface area contributed by atoms with Gasteiger partial charge in [0.2, 0.25) is 0 Å². The molecule has 1 aromatic heterocycles. The van der Waals surface area contributed by atoms with Crippen LogP contribution in [0, 0.1) is 0 Å². The average Bonchev–Trinajstić information content (AvgIpc) is 2.87. The normalized spacial score (nSPS) is 14.1. The van der Waals surface area contributed by atoms with Crippen molar-refractivity contribution >= 4 is 14.3 Å². The number of imidazole rings is 1. The highest BCUT2D eigenvalue weighted by atomic mass is 28.4. The van der Waals surface area contributed by atoms with E-state index in [0.29, 0.717) is 23.2 Å². The Morgan fingerprint density at radius 1 is 1.18 bits per heavy atom. The van der Waals surface area contributed by atoms with E-state index in [1.165, 1.54) is 0 Å². The molecule has 1 heterocycles. The molecule has 1 atom stereocenters. The van der Waals surface area contributed by atoms with Gasteiger partial charge in [0.05, 0.1) is 19.0 Å². The van der Waals surface area contributed by atoms with Crippen LogP contribution in [0.1, 0.15) is 65.0 Å². The fourth-order valence-electron chi connectivity index (χ4n) is 3.54. The third kappa shape index (κ3) is 3.79. The van der Waals surface area contributed by atoms with Gasteiger partial charge in [-0.3, -0.25) is 0 Å². The van der Waals surface area contributed by atoms with Crippen LogP contribution in [0.2, 0.25) is 16.6 Å². The topological polar surface area (TPSA) is 64.4 Å². The van der Waals surface area contributed by atoms with E-state index in [-0.39, 0.29) is 11.7 Å². The Morgan fingerprint density at radius 2 is 1.68 bits per heavy atom. The summed E-state index contributed by atoms with van der Waals surface area (Å²) in [6, 6.07) is 0.0729. The van der Waals surface area contributed by atoms with Gasteiger partial charge in [-0.25, -0.2) is 9.78 Å². The number of carboxylic acid groups (broad SMARTS) is 1. The minimum absolute atomic E-state index is 0.0729. The van der Waals surface area contributed by atoms with E-state index in [1.807, 2.05) is 11.5 Å². The molecule has 0 radical (unpaired) electrons. The molecular weight excluding hydrogens is 296 g/mol. The third-order valence-corrected chi connectivity index (χ3v) is 10.7. The molecule has 0 fully saturated rings. The summed E-state index contributed by atoms with van der Waals surface area (Å²) in [5.41, 5.74) is 1.69. The lowest BCUT2D eigenvalue weighted by atomic mass is 10.3. The Morgan fingerprint density at radius 3 is 2.05 bits per heavy atom. The van der Waals surface area contributed by atoms with Gasteiger partial charge in [0.25, 0.3) is 0 Å². The van der Waals surface area contributed by atoms with Crippen LogP contribution in [0.4, 0.5) is 0 Å². The molecule has 0 bridgehead atoms. The molecule has 5 nitrogen and oxygen atoms in total. The molecule has 0 aliphatic carbocycles. The van der Waals surface area contributed by atoms with Crippen molar-refractivity contribution in [2.75, 3.05) is 6.61 Å². The zero-order valence-electron chi connectivity index (χ0n) is 14.8. The number of rotatable bonds is 8. The van der Waals surface area contributed by atoms with Crippen LogP contribution >= 0.6 is 0 Å². The zero-order chi connectivity index (χ0) is 17.1. The molecule has 1 N–H and O–H groups in total. The molecule has 0 aromatic carbocycles. The maximum atomic E-state index is 10.9. The Bertz CT molecular complexity index is 476. The van der Waals surface area contributed by atoms with Crippen LogP contribution in [0.15, 0.2) is 12.5 Å². The fourth-order valence-corrected chi connectivity index (χ4v) is 9.07. The summed E-state index contributed by atoms with van der Waals surface area (Å²) in [4.78, 5) is 14.8. The van der Waals surface area contributed by atoms with E-state index in [9.17, 15) is 4.79 Å². The second-order valence-corrected chi connectivity index (χ2v) is 12.4. The monoisotopic (exact) mass is 326 g/mol. The van der Waals surface area contributed by atoms with E-state index >= 15 is 0 Å². The van der Waals surface area contributed by atoms with Gasteiger partial charge in [-0.1, -0.05) is 41.5 Å². The predicted molar refractivity (Wildman–Crippen MR) is 90.9 cm³/mol. The van der Waals surface area contributed by atoms with Crippen molar-refractivity contribution in [1.29, 1.82) is 0 Å². The first kappa shape index (κ1) is 18.9. The minimum Gasteiger partial charge on any atom is -0.476 e. The standard InChI is InChI=1S/C16H30N2O3Si/c1-11(2)22(12(3)4,13(5)6)21-9-14(7)18-8-15(16(19)20)17-10-18/h8,10-14H,9H2,1-7H3,(H,19,20)/t14-/m1/s1. The second kappa shape index (κ2) is 7.42. The SMILES string of the molecule is CC(C)[Si](OC[C@@H](C)n1cnc(C(=O)O)c1)(C(C)C)C(C)C. The van der Waals surface area contributed by atoms with Crippen LogP contribution in [0.5, 0.6) is 0 Å². The van der Waals surface area contributed by atoms with Crippen molar-refractivity contribution in [3.63, 3.8) is 0 Å². The fraction of sp³-hybridized carbons (Fsp3) is 0.750. The van der Waals surface area contributed by atoms with Crippen LogP contribution < -0.4 is 0 Å². The van der Waals surface area contributed by atoms with Crippen LogP contribution in [0.25, 0.3) is 0 Å². The summed E-state index contributed by atoms with van der Waals surface area (Å²) in [6.07, 6.45) is 3.14. The van der Waals surface area contributed by atoms with Crippen molar-refractivity contribution in [1.82, 2.24) is 9.55 Å². The maximum Gasteiger partial charge on any atom is 0.356 e. The molecule has 0 aliphatic rings. The third-order valence-electron chi connectivity index (χ3n) is 4.61. The summed E-state index contributed by atoms with van der Waals surface area (Å²) in [7, 11) is -1.89. The summed E-state index contributed by atoms with van der Waals surface area (Å²) < 4.78 is 8.37. The highest BCUT2D eigenvalue weighted by Crippen LogP contribution is 2.42. The lowest BCUT2D eigenvalue weighted by molar-refractivity contribution is 0.0691. The maximum absolute atomic E-state index is 10.9. The Hall–Kier alpha value is -1.14. The van der Waals surface area contributed by atoms with Crippen molar-refractivity contribution in [2.45, 2.75) is 71.1 Å². The first-order valence-electron chi connectivity index (χ1n) is 8.03. The van der Waals surface area contributed by atoms with Crippen LogP contribution in [0.3, 0.4) is 0 Å². The van der Waals surface area contributed by atoms with Gasteiger partial charge in [0.15, 0.2) is 14.0 Å². The van der Waals surface area contributed by atoms with Gasteiger partial charge >= 0.3 is 5.97 Å². The number of hydrogen-bond acceptors (Lipinski definition) is 3. The molecule has 22 heavy (non-hydrogen) atoms. The molecule has 6 heteroatoms. The summed E-state index contributed by atoms with van der Waals surface area (Å²) in [5, 5.41) is 8.96. The van der Waals surface area contributed by atoms with Crippen molar-refractivity contribution < 1.29 is 14.3 Å². The molecule has 0 spiro atoms. The van der Waals surface area contributed by atoms with E-state index in [1.54, 1.807) is 12.5 Å². The molecular formula is C16H30N2O3Si. The number of carbonyl (C=O) groups is 1. The molecule has 1 rings (SSSR count). The Balaban J connectivity index is 2.85. The largest absolute Gasteiger partial charge is 0.476 e. The predicted octanol–water partition coefficient (Wildman–Crippen LogP) is 4.33. The first-order valence-corrected chi connectivity index (χ1v) is 10.2. The molecule has 1 aromatic rings. The van der Waals surface area contributed by atoms with Crippen molar-refractivity contribution in [3.05, 3.63) is 18.2 Å². The van der Waals surface area contributed by atoms with Gasteiger partial charge in [0, 0.05) is 6.20 Å². The smallest absolute Gasteiger partial charge is 0.356 e. The average molecular weight is 327 g/mol. The summed E-state index contributed by atoms with van der Waals surface area (Å²) >= 11 is 0. The summed E-state index contributed by atoms with van der Waals surface area (Å²) in [6.45, 7) is 16.2. The van der Waals surface area contributed by atoms with Crippen molar-refractivity contribution in [3.8, 4) is 0 Å². The van der Waals surface area contributed by atoms with Crippen LogP contribution in [-0.2, 0) is 4.43 Å². The van der Waals surface area contributed by atoms with Gasteiger partial charge in [-0.15, -0.1) is 0 Å². The lowest BCUT2D eigenvalue weighted by Crippen LogP contribution is -2.48. The number of carboxylic acids is 1. The van der Waals surface area contributed by atoms with Crippen molar-refractivity contribution in [2.24, 2.45) is 0 Å². The van der Waals surface area contributed by atoms with Gasteiger partial charge in [-0.2, -0.15) is 0 Å².